The molecule has 182 valence electrons. The molecule has 0 bridgehead atoms. The number of hydrogen-bond acceptors (Lipinski definition) is 6. The molecular weight excluding hydrogens is 470 g/mol. The molecule has 1 unspecified atom stereocenters. The molecule has 0 saturated carbocycles. The molecule has 3 heterocycles. The summed E-state index contributed by atoms with van der Waals surface area (Å²) < 4.78 is 5.87. The van der Waals surface area contributed by atoms with Gasteiger partial charge in [-0.05, 0) is 55.7 Å². The number of amides is 1. The van der Waals surface area contributed by atoms with E-state index in [4.69, 9.17) is 9.72 Å². The smallest absolute Gasteiger partial charge is 0.268 e. The van der Waals surface area contributed by atoms with Gasteiger partial charge in [0.15, 0.2) is 11.9 Å². The number of hydrogen-bond donors (Lipinski definition) is 0. The van der Waals surface area contributed by atoms with Crippen molar-refractivity contribution in [3.63, 3.8) is 0 Å². The van der Waals surface area contributed by atoms with Gasteiger partial charge in [0, 0.05) is 22.2 Å². The Kier molecular flexibility index (Phi) is 6.41. The van der Waals surface area contributed by atoms with E-state index >= 15 is 0 Å². The van der Waals surface area contributed by atoms with Crippen LogP contribution in [-0.2, 0) is 4.79 Å². The van der Waals surface area contributed by atoms with Crippen molar-refractivity contribution < 1.29 is 14.3 Å². The summed E-state index contributed by atoms with van der Waals surface area (Å²) in [6.45, 7) is 7.90. The van der Waals surface area contributed by atoms with Crippen LogP contribution in [0.25, 0.3) is 22.0 Å². The lowest BCUT2D eigenvalue weighted by atomic mass is 10.00. The first-order valence-corrected chi connectivity index (χ1v) is 12.8. The lowest BCUT2D eigenvalue weighted by molar-refractivity contribution is -0.125. The summed E-state index contributed by atoms with van der Waals surface area (Å²) >= 11 is 1.57. The van der Waals surface area contributed by atoms with Gasteiger partial charge in [-0.3, -0.25) is 19.5 Å². The van der Waals surface area contributed by atoms with Crippen molar-refractivity contribution in [1.29, 1.82) is 0 Å². The number of nitrogens with zero attached hydrogens (tertiary/aromatic N) is 3. The predicted octanol–water partition coefficient (Wildman–Crippen LogP) is 6.30. The van der Waals surface area contributed by atoms with Crippen LogP contribution in [0.3, 0.4) is 0 Å². The van der Waals surface area contributed by atoms with Crippen LogP contribution in [0.15, 0.2) is 66.9 Å². The molecule has 0 fully saturated rings. The van der Waals surface area contributed by atoms with Crippen molar-refractivity contribution in [3.8, 4) is 27.7 Å². The van der Waals surface area contributed by atoms with E-state index in [1.54, 1.807) is 24.5 Å². The summed E-state index contributed by atoms with van der Waals surface area (Å²) in [5.74, 6) is 0.600. The number of carbonyl (C=O) groups is 2. The largest absolute Gasteiger partial charge is 0.479 e. The van der Waals surface area contributed by atoms with Crippen molar-refractivity contribution in [1.82, 2.24) is 9.97 Å². The second-order valence-electron chi connectivity index (χ2n) is 9.21. The van der Waals surface area contributed by atoms with Crippen molar-refractivity contribution in [2.75, 3.05) is 11.4 Å². The lowest BCUT2D eigenvalue weighted by Gasteiger charge is -2.33. The van der Waals surface area contributed by atoms with Crippen molar-refractivity contribution in [2.24, 2.45) is 0 Å². The Labute approximate surface area is 214 Å². The van der Waals surface area contributed by atoms with Crippen molar-refractivity contribution in [2.45, 2.75) is 39.7 Å². The van der Waals surface area contributed by atoms with Gasteiger partial charge in [0.25, 0.3) is 5.91 Å². The number of ether oxygens (including phenoxy) is 1. The number of carbonyl (C=O) groups excluding carboxylic acids is 2. The van der Waals surface area contributed by atoms with Gasteiger partial charge >= 0.3 is 0 Å². The zero-order valence-electron chi connectivity index (χ0n) is 20.7. The van der Waals surface area contributed by atoms with E-state index in [-0.39, 0.29) is 18.2 Å². The Morgan fingerprint density at radius 1 is 1.11 bits per heavy atom. The topological polar surface area (TPSA) is 72.4 Å². The summed E-state index contributed by atoms with van der Waals surface area (Å²) in [4.78, 5) is 38.1. The maximum atomic E-state index is 13.2. The molecule has 36 heavy (non-hydrogen) atoms. The second kappa shape index (κ2) is 9.66. The number of aromatic nitrogens is 2. The molecule has 0 aliphatic carbocycles. The molecule has 2 aromatic carbocycles. The van der Waals surface area contributed by atoms with Gasteiger partial charge in [-0.25, -0.2) is 4.98 Å². The van der Waals surface area contributed by atoms with E-state index in [2.05, 4.69) is 18.8 Å². The monoisotopic (exact) mass is 497 g/mol. The Morgan fingerprint density at radius 3 is 2.58 bits per heavy atom. The number of fused-ring (bicyclic) bond motifs is 1. The second-order valence-corrected chi connectivity index (χ2v) is 10.4. The van der Waals surface area contributed by atoms with Gasteiger partial charge in [-0.1, -0.05) is 44.2 Å². The molecule has 1 aliphatic heterocycles. The van der Waals surface area contributed by atoms with Gasteiger partial charge in [0.05, 0.1) is 23.6 Å². The molecule has 1 aliphatic rings. The fourth-order valence-electron chi connectivity index (χ4n) is 4.27. The molecule has 6 nitrogen and oxygen atoms in total. The zero-order valence-corrected chi connectivity index (χ0v) is 21.5. The minimum Gasteiger partial charge on any atom is -0.479 e. The van der Waals surface area contributed by atoms with Crippen molar-refractivity contribution >= 4 is 28.7 Å². The van der Waals surface area contributed by atoms with E-state index in [1.165, 1.54) is 10.5 Å². The summed E-state index contributed by atoms with van der Waals surface area (Å²) in [6.07, 6.45) is 1.08. The van der Waals surface area contributed by atoms with E-state index in [0.29, 0.717) is 22.9 Å². The summed E-state index contributed by atoms with van der Waals surface area (Å²) in [5.41, 5.74) is 4.83. The third-order valence-electron chi connectivity index (χ3n) is 6.32. The quantitative estimate of drug-likeness (QED) is 0.292. The Hall–Kier alpha value is -3.84. The maximum Gasteiger partial charge on any atom is 0.268 e. The fraction of sp³-hybridized carbons (Fsp3) is 0.241. The normalized spacial score (nSPS) is 15.1. The first-order chi connectivity index (χ1) is 17.3. The average Bonchev–Trinajstić information content (AvgIpc) is 3.28. The van der Waals surface area contributed by atoms with Crippen LogP contribution in [0.1, 0.15) is 47.5 Å². The van der Waals surface area contributed by atoms with Crippen LogP contribution >= 0.6 is 11.3 Å². The molecule has 0 radical (unpaired) electrons. The average molecular weight is 498 g/mol. The number of anilines is 1. The molecule has 0 N–H and O–H groups in total. The van der Waals surface area contributed by atoms with Crippen LogP contribution < -0.4 is 9.64 Å². The van der Waals surface area contributed by atoms with Crippen LogP contribution in [0.4, 0.5) is 5.69 Å². The third-order valence-corrected chi connectivity index (χ3v) is 7.32. The van der Waals surface area contributed by atoms with Gasteiger partial charge in [0.1, 0.15) is 10.8 Å². The van der Waals surface area contributed by atoms with E-state index < -0.39 is 6.10 Å². The Balaban J connectivity index is 1.48. The van der Waals surface area contributed by atoms with Crippen LogP contribution in [0, 0.1) is 6.92 Å². The van der Waals surface area contributed by atoms with Gasteiger partial charge in [0.2, 0.25) is 0 Å². The molecule has 2 aromatic heterocycles. The highest BCUT2D eigenvalue weighted by Crippen LogP contribution is 2.40. The highest BCUT2D eigenvalue weighted by atomic mass is 32.1. The molecule has 1 amide bonds. The van der Waals surface area contributed by atoms with E-state index in [1.807, 2.05) is 67.6 Å². The number of aryl methyl sites for hydroxylation is 1. The van der Waals surface area contributed by atoms with Crippen LogP contribution in [0.2, 0.25) is 0 Å². The number of thiazole rings is 1. The number of Topliss-reactive ketones (excluding diaryl/α,β-unsaturated/α-hetero) is 1. The Bertz CT molecular complexity index is 1430. The van der Waals surface area contributed by atoms with Crippen molar-refractivity contribution in [3.05, 3.63) is 82.9 Å². The number of benzene rings is 2. The molecule has 5 rings (SSSR count). The molecule has 1 atom stereocenters. The molecule has 7 heteroatoms. The Morgan fingerprint density at radius 2 is 1.89 bits per heavy atom. The minimum absolute atomic E-state index is 0.0563. The zero-order chi connectivity index (χ0) is 25.4. The molecular formula is C29H27N3O3S. The first-order valence-electron chi connectivity index (χ1n) is 12.0. The third kappa shape index (κ3) is 4.54. The fourth-order valence-corrected chi connectivity index (χ4v) is 5.18. The minimum atomic E-state index is -0.670. The van der Waals surface area contributed by atoms with E-state index in [9.17, 15) is 9.59 Å². The molecule has 0 spiro atoms. The van der Waals surface area contributed by atoms with Gasteiger partial charge in [-0.15, -0.1) is 11.3 Å². The maximum absolute atomic E-state index is 13.2. The molecule has 4 aromatic rings. The van der Waals surface area contributed by atoms with Gasteiger partial charge < -0.3 is 4.74 Å². The lowest BCUT2D eigenvalue weighted by Crippen LogP contribution is -2.46. The summed E-state index contributed by atoms with van der Waals surface area (Å²) in [5, 5.41) is 0.832. The number of pyridine rings is 1. The summed E-state index contributed by atoms with van der Waals surface area (Å²) in [7, 11) is 0. The number of rotatable bonds is 6. The highest BCUT2D eigenvalue weighted by Gasteiger charge is 2.33. The first kappa shape index (κ1) is 23.9. The standard InChI is InChI=1S/C29H27N3O3S/c1-17(2)20-8-10-21(11-9-20)25(33)16-32-24-15-22(12-13-26(24)35-18(3)29(32)34)27-19(4)36-28(31-27)23-7-5-6-14-30-23/h5-15,17-18H,16H2,1-4H3. The van der Waals surface area contributed by atoms with Crippen LogP contribution in [-0.4, -0.2) is 34.3 Å². The highest BCUT2D eigenvalue weighted by molar-refractivity contribution is 7.15. The predicted molar refractivity (Wildman–Crippen MR) is 143 cm³/mol. The van der Waals surface area contributed by atoms with Gasteiger partial charge in [-0.2, -0.15) is 0 Å². The SMILES string of the molecule is Cc1sc(-c2ccccn2)nc1-c1ccc2c(c1)N(CC(=O)c1ccc(C(C)C)cc1)C(=O)C(C)O2. The van der Waals surface area contributed by atoms with E-state index in [0.717, 1.165) is 26.8 Å². The number of ketones is 1. The molecule has 0 saturated heterocycles. The van der Waals surface area contributed by atoms with Crippen LogP contribution in [0.5, 0.6) is 5.75 Å². The summed E-state index contributed by atoms with van der Waals surface area (Å²) in [6, 6.07) is 19.0.